The van der Waals surface area contributed by atoms with Gasteiger partial charge in [0, 0.05) is 5.71 Å². The molecule has 0 aromatic heterocycles. The highest BCUT2D eigenvalue weighted by Crippen LogP contribution is 2.64. The Balaban J connectivity index is 1.99. The lowest BCUT2D eigenvalue weighted by atomic mass is 9.85. The average Bonchev–Trinajstić information content (AvgIpc) is 3.02. The quantitative estimate of drug-likeness (QED) is 0.642. The first kappa shape index (κ1) is 15.3. The van der Waals surface area contributed by atoms with Gasteiger partial charge < -0.3 is 5.41 Å². The molecular formula is C22H20NP. The lowest BCUT2D eigenvalue weighted by Crippen LogP contribution is -2.33. The molecule has 1 aliphatic heterocycles. The third kappa shape index (κ3) is 2.32. The smallest absolute Gasteiger partial charge is 0.0815 e. The van der Waals surface area contributed by atoms with Crippen molar-refractivity contribution in [1.29, 1.82) is 5.41 Å². The molecule has 3 aromatic carbocycles. The standard InChI is InChI=1S/C22H20NP/c23-21-16-17-24(20-14-8-3-9-15-20)22(21,18-10-4-1-5-11-18)19-12-6-2-7-13-19/h1-15,23H,16-17H2. The molecule has 0 spiro atoms. The molecule has 1 saturated heterocycles. The monoisotopic (exact) mass is 329 g/mol. The van der Waals surface area contributed by atoms with Gasteiger partial charge in [0.25, 0.3) is 0 Å². The summed E-state index contributed by atoms with van der Waals surface area (Å²) in [5.74, 6) is 0. The normalized spacial score (nSPS) is 19.3. The molecule has 0 radical (unpaired) electrons. The van der Waals surface area contributed by atoms with E-state index in [2.05, 4.69) is 91.0 Å². The Bertz CT molecular complexity index is 788. The molecule has 2 heteroatoms. The summed E-state index contributed by atoms with van der Waals surface area (Å²) in [5.41, 5.74) is 3.37. The van der Waals surface area contributed by atoms with Crippen LogP contribution in [-0.4, -0.2) is 11.9 Å². The van der Waals surface area contributed by atoms with Gasteiger partial charge in [-0.15, -0.1) is 0 Å². The van der Waals surface area contributed by atoms with Gasteiger partial charge in [-0.05, 0) is 29.0 Å². The summed E-state index contributed by atoms with van der Waals surface area (Å²) < 4.78 is 0. The molecule has 0 bridgehead atoms. The minimum atomic E-state index is -0.504. The Kier molecular flexibility index (Phi) is 4.04. The number of nitrogens with one attached hydrogen (secondary N) is 1. The molecule has 1 unspecified atom stereocenters. The minimum Gasteiger partial charge on any atom is -0.308 e. The minimum absolute atomic E-state index is 0.292. The summed E-state index contributed by atoms with van der Waals surface area (Å²) >= 11 is 0. The highest BCUT2D eigenvalue weighted by molar-refractivity contribution is 7.68. The van der Waals surface area contributed by atoms with Gasteiger partial charge >= 0.3 is 0 Å². The fourth-order valence-electron chi connectivity index (χ4n) is 3.85. The van der Waals surface area contributed by atoms with Crippen molar-refractivity contribution < 1.29 is 0 Å². The predicted octanol–water partition coefficient (Wildman–Crippen LogP) is 5.16. The van der Waals surface area contributed by atoms with Crippen molar-refractivity contribution in [2.75, 3.05) is 6.16 Å². The molecule has 0 amide bonds. The van der Waals surface area contributed by atoms with Crippen molar-refractivity contribution in [3.8, 4) is 0 Å². The lowest BCUT2D eigenvalue weighted by molar-refractivity contribution is 0.968. The van der Waals surface area contributed by atoms with Gasteiger partial charge in [-0.25, -0.2) is 0 Å². The van der Waals surface area contributed by atoms with Gasteiger partial charge in [0.15, 0.2) is 0 Å². The third-order valence-electron chi connectivity index (χ3n) is 4.88. The van der Waals surface area contributed by atoms with Gasteiger partial charge in [0.1, 0.15) is 0 Å². The van der Waals surface area contributed by atoms with Gasteiger partial charge in [-0.2, -0.15) is 0 Å². The first-order valence-corrected chi connectivity index (χ1v) is 9.88. The number of rotatable bonds is 3. The van der Waals surface area contributed by atoms with E-state index in [1.807, 2.05) is 0 Å². The largest absolute Gasteiger partial charge is 0.308 e. The van der Waals surface area contributed by atoms with Crippen LogP contribution in [-0.2, 0) is 5.16 Å². The molecule has 1 atom stereocenters. The molecule has 1 aliphatic rings. The van der Waals surface area contributed by atoms with E-state index in [4.69, 9.17) is 5.41 Å². The van der Waals surface area contributed by atoms with Crippen molar-refractivity contribution in [1.82, 2.24) is 0 Å². The Morgan fingerprint density at radius 3 is 1.62 bits per heavy atom. The fraction of sp³-hybridized carbons (Fsp3) is 0.136. The van der Waals surface area contributed by atoms with E-state index in [1.165, 1.54) is 16.4 Å². The van der Waals surface area contributed by atoms with Crippen LogP contribution in [0.3, 0.4) is 0 Å². The molecule has 24 heavy (non-hydrogen) atoms. The Hall–Kier alpha value is -2.24. The molecule has 4 rings (SSSR count). The van der Waals surface area contributed by atoms with Gasteiger partial charge in [-0.3, -0.25) is 0 Å². The molecule has 3 aromatic rings. The predicted molar refractivity (Wildman–Crippen MR) is 104 cm³/mol. The Labute approximate surface area is 144 Å². The zero-order valence-corrected chi connectivity index (χ0v) is 14.4. The van der Waals surface area contributed by atoms with Crippen molar-refractivity contribution in [2.45, 2.75) is 11.6 Å². The second kappa shape index (κ2) is 6.34. The summed E-state index contributed by atoms with van der Waals surface area (Å²) in [6, 6.07) is 32.1. The zero-order chi connectivity index (χ0) is 16.4. The van der Waals surface area contributed by atoms with E-state index < -0.39 is 7.92 Å². The molecule has 1 nitrogen and oxygen atoms in total. The highest BCUT2D eigenvalue weighted by atomic mass is 31.1. The maximum absolute atomic E-state index is 8.92. The Morgan fingerprint density at radius 1 is 0.667 bits per heavy atom. The van der Waals surface area contributed by atoms with Crippen molar-refractivity contribution in [3.05, 3.63) is 102 Å². The number of hydrogen-bond donors (Lipinski definition) is 1. The molecule has 0 saturated carbocycles. The van der Waals surface area contributed by atoms with E-state index in [0.29, 0.717) is 0 Å². The van der Waals surface area contributed by atoms with Crippen LogP contribution in [0.2, 0.25) is 0 Å². The average molecular weight is 329 g/mol. The van der Waals surface area contributed by atoms with Gasteiger partial charge in [-0.1, -0.05) is 98.9 Å². The van der Waals surface area contributed by atoms with Crippen LogP contribution in [0.25, 0.3) is 0 Å². The van der Waals surface area contributed by atoms with Crippen LogP contribution < -0.4 is 5.30 Å². The summed E-state index contributed by atoms with van der Waals surface area (Å²) in [6.45, 7) is 0. The molecule has 1 heterocycles. The molecule has 1 N–H and O–H groups in total. The summed E-state index contributed by atoms with van der Waals surface area (Å²) in [5, 5.41) is 10.0. The topological polar surface area (TPSA) is 23.9 Å². The van der Waals surface area contributed by atoms with Gasteiger partial charge in [0.05, 0.1) is 5.16 Å². The van der Waals surface area contributed by atoms with E-state index in [0.717, 1.165) is 18.3 Å². The van der Waals surface area contributed by atoms with Crippen LogP contribution >= 0.6 is 7.92 Å². The number of hydrogen-bond acceptors (Lipinski definition) is 1. The summed E-state index contributed by atoms with van der Waals surface area (Å²) in [6.07, 6.45) is 1.96. The van der Waals surface area contributed by atoms with E-state index in [1.54, 1.807) is 0 Å². The van der Waals surface area contributed by atoms with Crippen LogP contribution in [0.1, 0.15) is 17.5 Å². The van der Waals surface area contributed by atoms with Gasteiger partial charge in [0.2, 0.25) is 0 Å². The van der Waals surface area contributed by atoms with Crippen molar-refractivity contribution in [2.24, 2.45) is 0 Å². The molecule has 1 fully saturated rings. The fourth-order valence-corrected chi connectivity index (χ4v) is 7.17. The van der Waals surface area contributed by atoms with Crippen molar-refractivity contribution >= 4 is 18.9 Å². The van der Waals surface area contributed by atoms with E-state index >= 15 is 0 Å². The maximum Gasteiger partial charge on any atom is 0.0815 e. The molecular weight excluding hydrogens is 309 g/mol. The van der Waals surface area contributed by atoms with Crippen LogP contribution in [0.5, 0.6) is 0 Å². The van der Waals surface area contributed by atoms with E-state index in [9.17, 15) is 0 Å². The Morgan fingerprint density at radius 2 is 1.12 bits per heavy atom. The summed E-state index contributed by atoms with van der Waals surface area (Å²) in [7, 11) is -0.504. The second-order valence-electron chi connectivity index (χ2n) is 6.16. The van der Waals surface area contributed by atoms with E-state index in [-0.39, 0.29) is 5.16 Å². The molecule has 118 valence electrons. The first-order chi connectivity index (χ1) is 11.8. The number of benzene rings is 3. The molecule has 0 aliphatic carbocycles. The highest BCUT2D eigenvalue weighted by Gasteiger charge is 2.50. The maximum atomic E-state index is 8.92. The van der Waals surface area contributed by atoms with Crippen LogP contribution in [0.15, 0.2) is 91.0 Å². The zero-order valence-electron chi connectivity index (χ0n) is 13.5. The van der Waals surface area contributed by atoms with Crippen molar-refractivity contribution in [3.63, 3.8) is 0 Å². The van der Waals surface area contributed by atoms with Crippen LogP contribution in [0, 0.1) is 5.41 Å². The third-order valence-corrected chi connectivity index (χ3v) is 8.07. The first-order valence-electron chi connectivity index (χ1n) is 8.35. The lowest BCUT2D eigenvalue weighted by Gasteiger charge is -2.37. The van der Waals surface area contributed by atoms with Crippen LogP contribution in [0.4, 0.5) is 0 Å². The second-order valence-corrected chi connectivity index (χ2v) is 8.65. The summed E-state index contributed by atoms with van der Waals surface area (Å²) in [4.78, 5) is 0. The SMILES string of the molecule is N=C1CCP(c2ccccc2)C1(c1ccccc1)c1ccccc1.